The lowest BCUT2D eigenvalue weighted by molar-refractivity contribution is 0.316. The van der Waals surface area contributed by atoms with Crippen LogP contribution in [0, 0.1) is 6.92 Å². The fourth-order valence-corrected chi connectivity index (χ4v) is 2.03. The number of hydrogen-bond acceptors (Lipinski definition) is 3. The van der Waals surface area contributed by atoms with E-state index in [1.54, 1.807) is 0 Å². The first kappa shape index (κ1) is 14.4. The third-order valence-electron chi connectivity index (χ3n) is 3.08. The lowest BCUT2D eigenvalue weighted by Crippen LogP contribution is -2.25. The number of rotatable bonds is 7. The van der Waals surface area contributed by atoms with E-state index < -0.39 is 0 Å². The van der Waals surface area contributed by atoms with Gasteiger partial charge in [0, 0.05) is 25.2 Å². The van der Waals surface area contributed by atoms with Gasteiger partial charge in [0.25, 0.3) is 0 Å². The molecule has 4 heteroatoms. The van der Waals surface area contributed by atoms with Crippen LogP contribution >= 0.6 is 0 Å². The average Bonchev–Trinajstić information content (AvgIpc) is 2.40. The Morgan fingerprint density at radius 3 is 2.67 bits per heavy atom. The Morgan fingerprint density at radius 1 is 1.33 bits per heavy atom. The van der Waals surface area contributed by atoms with E-state index in [0.29, 0.717) is 12.3 Å². The number of amidine groups is 1. The molecule has 0 unspecified atom stereocenters. The van der Waals surface area contributed by atoms with Gasteiger partial charge >= 0.3 is 0 Å². The molecule has 0 saturated heterocycles. The van der Waals surface area contributed by atoms with Gasteiger partial charge in [0.2, 0.25) is 0 Å². The number of unbranched alkanes of at least 4 members (excludes halogenated alkanes) is 1. The summed E-state index contributed by atoms with van der Waals surface area (Å²) in [5, 5.41) is 11.4. The van der Waals surface area contributed by atoms with E-state index in [4.69, 9.17) is 10.9 Å². The minimum atomic E-state index is 0.314. The van der Waals surface area contributed by atoms with Crippen molar-refractivity contribution in [1.82, 2.24) is 0 Å². The molecule has 0 aliphatic carbocycles. The summed E-state index contributed by atoms with van der Waals surface area (Å²) in [6, 6.07) is 8.42. The Morgan fingerprint density at radius 2 is 2.06 bits per heavy atom. The van der Waals surface area contributed by atoms with Crippen molar-refractivity contribution in [2.24, 2.45) is 10.9 Å². The molecule has 1 aromatic carbocycles. The van der Waals surface area contributed by atoms with Crippen LogP contribution in [0.5, 0.6) is 0 Å². The molecular weight excluding hydrogens is 226 g/mol. The van der Waals surface area contributed by atoms with Gasteiger partial charge in [-0.2, -0.15) is 0 Å². The Bertz CT molecular complexity index is 390. The fraction of sp³-hybridized carbons (Fsp3) is 0.500. The molecule has 0 aliphatic heterocycles. The zero-order chi connectivity index (χ0) is 13.4. The van der Waals surface area contributed by atoms with Gasteiger partial charge in [-0.3, -0.25) is 0 Å². The standard InChI is InChI=1S/C14H23N3O/c1-3-17(11-7-6-10-14(15)16-18)13-9-5-4-8-12(13)2/h4-5,8-9,18H,3,6-7,10-11H2,1-2H3,(H2,15,16). The van der Waals surface area contributed by atoms with Gasteiger partial charge in [-0.1, -0.05) is 23.4 Å². The van der Waals surface area contributed by atoms with Crippen molar-refractivity contribution >= 4 is 11.5 Å². The third kappa shape index (κ3) is 4.28. The molecule has 100 valence electrons. The Balaban J connectivity index is 2.46. The van der Waals surface area contributed by atoms with Crippen LogP contribution in [0.4, 0.5) is 5.69 Å². The van der Waals surface area contributed by atoms with Crippen LogP contribution in [-0.2, 0) is 0 Å². The first-order chi connectivity index (χ1) is 8.69. The molecule has 1 aromatic rings. The lowest BCUT2D eigenvalue weighted by atomic mass is 10.1. The van der Waals surface area contributed by atoms with E-state index in [1.807, 2.05) is 0 Å². The number of nitrogens with zero attached hydrogens (tertiary/aromatic N) is 2. The predicted molar refractivity (Wildman–Crippen MR) is 76.3 cm³/mol. The lowest BCUT2D eigenvalue weighted by Gasteiger charge is -2.24. The molecule has 3 N–H and O–H groups in total. The molecule has 0 atom stereocenters. The summed E-state index contributed by atoms with van der Waals surface area (Å²) >= 11 is 0. The first-order valence-corrected chi connectivity index (χ1v) is 6.46. The van der Waals surface area contributed by atoms with Crippen LogP contribution in [0.2, 0.25) is 0 Å². The van der Waals surface area contributed by atoms with E-state index in [-0.39, 0.29) is 0 Å². The van der Waals surface area contributed by atoms with Gasteiger partial charge < -0.3 is 15.8 Å². The van der Waals surface area contributed by atoms with Crippen molar-refractivity contribution in [3.8, 4) is 0 Å². The fourth-order valence-electron chi connectivity index (χ4n) is 2.03. The topological polar surface area (TPSA) is 61.8 Å². The second-order valence-corrected chi connectivity index (χ2v) is 4.41. The van der Waals surface area contributed by atoms with E-state index in [0.717, 1.165) is 25.9 Å². The third-order valence-corrected chi connectivity index (χ3v) is 3.08. The molecule has 0 bridgehead atoms. The molecule has 0 aromatic heterocycles. The van der Waals surface area contributed by atoms with Crippen molar-refractivity contribution < 1.29 is 5.21 Å². The number of aryl methyl sites for hydroxylation is 1. The largest absolute Gasteiger partial charge is 0.409 e. The number of benzene rings is 1. The van der Waals surface area contributed by atoms with Crippen LogP contribution in [0.15, 0.2) is 29.4 Å². The predicted octanol–water partition coefficient (Wildman–Crippen LogP) is 2.74. The highest BCUT2D eigenvalue weighted by atomic mass is 16.4. The molecule has 4 nitrogen and oxygen atoms in total. The summed E-state index contributed by atoms with van der Waals surface area (Å²) in [5.74, 6) is 0.314. The van der Waals surface area contributed by atoms with Crippen molar-refractivity contribution in [2.75, 3.05) is 18.0 Å². The van der Waals surface area contributed by atoms with Crippen LogP contribution in [0.1, 0.15) is 31.7 Å². The molecule has 0 radical (unpaired) electrons. The summed E-state index contributed by atoms with van der Waals surface area (Å²) in [7, 11) is 0. The van der Waals surface area contributed by atoms with Crippen LogP contribution < -0.4 is 10.6 Å². The van der Waals surface area contributed by atoms with E-state index in [2.05, 4.69) is 48.2 Å². The number of para-hydroxylation sites is 1. The summed E-state index contributed by atoms with van der Waals surface area (Å²) < 4.78 is 0. The molecule has 0 spiro atoms. The second-order valence-electron chi connectivity index (χ2n) is 4.41. The maximum atomic E-state index is 8.46. The smallest absolute Gasteiger partial charge is 0.139 e. The molecule has 0 amide bonds. The van der Waals surface area contributed by atoms with Gasteiger partial charge in [0.1, 0.15) is 5.84 Å². The van der Waals surface area contributed by atoms with Crippen molar-refractivity contribution in [3.63, 3.8) is 0 Å². The Kier molecular flexibility index (Phi) is 6.05. The van der Waals surface area contributed by atoms with Gasteiger partial charge in [-0.05, 0) is 38.3 Å². The maximum absolute atomic E-state index is 8.46. The average molecular weight is 249 g/mol. The Hall–Kier alpha value is -1.71. The van der Waals surface area contributed by atoms with Crippen LogP contribution in [0.3, 0.4) is 0 Å². The van der Waals surface area contributed by atoms with E-state index in [9.17, 15) is 0 Å². The zero-order valence-corrected chi connectivity index (χ0v) is 11.3. The van der Waals surface area contributed by atoms with Crippen molar-refractivity contribution in [2.45, 2.75) is 33.1 Å². The highest BCUT2D eigenvalue weighted by Gasteiger charge is 2.06. The highest BCUT2D eigenvalue weighted by molar-refractivity contribution is 5.79. The minimum Gasteiger partial charge on any atom is -0.409 e. The van der Waals surface area contributed by atoms with E-state index >= 15 is 0 Å². The molecule has 1 rings (SSSR count). The zero-order valence-electron chi connectivity index (χ0n) is 11.3. The van der Waals surface area contributed by atoms with Gasteiger partial charge in [-0.15, -0.1) is 0 Å². The van der Waals surface area contributed by atoms with E-state index in [1.165, 1.54) is 11.3 Å². The highest BCUT2D eigenvalue weighted by Crippen LogP contribution is 2.19. The summed E-state index contributed by atoms with van der Waals surface area (Å²) in [6.45, 7) is 6.29. The molecular formula is C14H23N3O. The first-order valence-electron chi connectivity index (χ1n) is 6.46. The quantitative estimate of drug-likeness (QED) is 0.257. The van der Waals surface area contributed by atoms with Gasteiger partial charge in [-0.25, -0.2) is 0 Å². The number of nitrogens with two attached hydrogens (primary N) is 1. The van der Waals surface area contributed by atoms with Crippen molar-refractivity contribution in [3.05, 3.63) is 29.8 Å². The monoisotopic (exact) mass is 249 g/mol. The SMILES string of the molecule is CCN(CCCCC(N)=NO)c1ccccc1C. The summed E-state index contributed by atoms with van der Waals surface area (Å²) in [6.07, 6.45) is 2.64. The molecule has 0 heterocycles. The molecule has 0 aliphatic rings. The number of hydrogen-bond donors (Lipinski definition) is 2. The summed E-state index contributed by atoms with van der Waals surface area (Å²) in [5.41, 5.74) is 8.04. The van der Waals surface area contributed by atoms with Gasteiger partial charge in [0.05, 0.1) is 0 Å². The second kappa shape index (κ2) is 7.58. The maximum Gasteiger partial charge on any atom is 0.139 e. The van der Waals surface area contributed by atoms with Crippen molar-refractivity contribution in [1.29, 1.82) is 0 Å². The molecule has 0 fully saturated rings. The Labute approximate surface area is 109 Å². The van der Waals surface area contributed by atoms with Crippen LogP contribution in [-0.4, -0.2) is 24.1 Å². The molecule has 18 heavy (non-hydrogen) atoms. The normalized spacial score (nSPS) is 11.6. The molecule has 0 saturated carbocycles. The van der Waals surface area contributed by atoms with Crippen LogP contribution in [0.25, 0.3) is 0 Å². The van der Waals surface area contributed by atoms with Gasteiger partial charge in [0.15, 0.2) is 0 Å². The number of oxime groups is 1. The minimum absolute atomic E-state index is 0.314. The summed E-state index contributed by atoms with van der Waals surface area (Å²) in [4.78, 5) is 2.36. The number of anilines is 1.